The van der Waals surface area contributed by atoms with Gasteiger partial charge in [-0.25, -0.2) is 9.31 Å². The van der Waals surface area contributed by atoms with Gasteiger partial charge in [0, 0.05) is 49.9 Å². The van der Waals surface area contributed by atoms with Gasteiger partial charge in [-0.2, -0.15) is 5.10 Å². The number of pyridine rings is 1. The second-order valence-electron chi connectivity index (χ2n) is 11.2. The normalized spacial score (nSPS) is 17.9. The van der Waals surface area contributed by atoms with Crippen LogP contribution in [0.2, 0.25) is 0 Å². The van der Waals surface area contributed by atoms with Crippen LogP contribution in [0.4, 0.5) is 16.2 Å². The van der Waals surface area contributed by atoms with Crippen LogP contribution in [0.25, 0.3) is 11.1 Å². The first-order chi connectivity index (χ1) is 19.2. The molecule has 2 fully saturated rings. The molecule has 0 aromatic carbocycles. The van der Waals surface area contributed by atoms with E-state index in [1.54, 1.807) is 49.4 Å². The average Bonchev–Trinajstić information content (AvgIpc) is 3.48. The van der Waals surface area contributed by atoms with E-state index in [4.69, 9.17) is 0 Å². The summed E-state index contributed by atoms with van der Waals surface area (Å²) in [7, 11) is 1.70. The fourth-order valence-electron chi connectivity index (χ4n) is 5.42. The molecule has 0 radical (unpaired) electrons. The zero-order valence-electron chi connectivity index (χ0n) is 23.8. The Morgan fingerprint density at radius 1 is 1.18 bits per heavy atom. The van der Waals surface area contributed by atoms with Crippen LogP contribution in [0.3, 0.4) is 0 Å². The van der Waals surface area contributed by atoms with Gasteiger partial charge in [0.15, 0.2) is 0 Å². The van der Waals surface area contributed by atoms with Crippen LogP contribution in [0.5, 0.6) is 0 Å². The lowest BCUT2D eigenvalue weighted by atomic mass is 9.96. The number of aliphatic imine (C=N–C) groups is 1. The van der Waals surface area contributed by atoms with E-state index in [0.29, 0.717) is 39.8 Å². The maximum Gasteiger partial charge on any atom is 0.321 e. The fraction of sp³-hybridized carbons (Fsp3) is 0.448. The van der Waals surface area contributed by atoms with Crippen LogP contribution in [0.1, 0.15) is 55.4 Å². The first kappa shape index (κ1) is 27.4. The molecule has 5 rings (SSSR count). The van der Waals surface area contributed by atoms with E-state index >= 15 is 0 Å². The smallest absolute Gasteiger partial charge is 0.321 e. The summed E-state index contributed by atoms with van der Waals surface area (Å²) in [4.78, 5) is 43.3. The van der Waals surface area contributed by atoms with E-state index in [1.807, 2.05) is 17.9 Å². The highest BCUT2D eigenvalue weighted by Crippen LogP contribution is 2.31. The standard InChI is InChI=1S/C29H37N9O2/c1-6-21(11-30-5)25-18-38-26(14-32-25)23(13-33-38)27(39)35-24-10-22(12-31-19(24)2)34-28(40)36-15-20(16-36)17-37-9-7-8-29(37,3)4/h6,10-14,18,20H,7-9,15-17H2,1-5H3,(H,34,40)(H,35,39)/b21-6+,30-11?. The Kier molecular flexibility index (Phi) is 7.66. The van der Waals surface area contributed by atoms with Crippen molar-refractivity contribution in [3.63, 3.8) is 0 Å². The number of rotatable bonds is 7. The van der Waals surface area contributed by atoms with Crippen LogP contribution in [-0.4, -0.2) is 86.3 Å². The summed E-state index contributed by atoms with van der Waals surface area (Å²) in [6.45, 7) is 12.0. The predicted octanol–water partition coefficient (Wildman–Crippen LogP) is 4.13. The number of carbonyl (C=O) groups is 2. The lowest BCUT2D eigenvalue weighted by Gasteiger charge is -2.43. The summed E-state index contributed by atoms with van der Waals surface area (Å²) in [6.07, 6.45) is 12.6. The zero-order chi connectivity index (χ0) is 28.4. The summed E-state index contributed by atoms with van der Waals surface area (Å²) < 4.78 is 1.62. The largest absolute Gasteiger partial charge is 0.324 e. The topological polar surface area (TPSA) is 120 Å². The van der Waals surface area contributed by atoms with E-state index < -0.39 is 0 Å². The van der Waals surface area contributed by atoms with Crippen molar-refractivity contribution in [3.05, 3.63) is 53.9 Å². The van der Waals surface area contributed by atoms with Gasteiger partial charge in [0.1, 0.15) is 0 Å². The van der Waals surface area contributed by atoms with Crippen molar-refractivity contribution in [2.24, 2.45) is 10.9 Å². The number of allylic oxidation sites excluding steroid dienone is 2. The highest BCUT2D eigenvalue weighted by Gasteiger charge is 2.38. The summed E-state index contributed by atoms with van der Waals surface area (Å²) in [6, 6.07) is 1.57. The van der Waals surface area contributed by atoms with Gasteiger partial charge in [0.2, 0.25) is 0 Å². The Balaban J connectivity index is 1.21. The lowest BCUT2D eigenvalue weighted by Crippen LogP contribution is -2.56. The third-order valence-corrected chi connectivity index (χ3v) is 7.91. The molecule has 0 spiro atoms. The Morgan fingerprint density at radius 2 is 1.98 bits per heavy atom. The Hall–Kier alpha value is -4.12. The third kappa shape index (κ3) is 5.60. The molecule has 0 atom stereocenters. The molecule has 0 bridgehead atoms. The van der Waals surface area contributed by atoms with Crippen LogP contribution in [0, 0.1) is 12.8 Å². The van der Waals surface area contributed by atoms with Gasteiger partial charge in [-0.3, -0.25) is 24.7 Å². The van der Waals surface area contributed by atoms with Gasteiger partial charge in [0.05, 0.1) is 58.6 Å². The molecule has 2 aliphatic heterocycles. The number of carbonyl (C=O) groups excluding carboxylic acids is 2. The minimum atomic E-state index is -0.338. The number of fused-ring (bicyclic) bond motifs is 1. The highest BCUT2D eigenvalue weighted by atomic mass is 16.2. The Labute approximate surface area is 234 Å². The van der Waals surface area contributed by atoms with E-state index in [-0.39, 0.29) is 17.5 Å². The fourth-order valence-corrected chi connectivity index (χ4v) is 5.42. The molecule has 2 N–H and O–H groups in total. The number of hydrogen-bond donors (Lipinski definition) is 2. The molecule has 0 unspecified atom stereocenters. The number of hydrogen-bond acceptors (Lipinski definition) is 7. The molecule has 3 aromatic heterocycles. The van der Waals surface area contributed by atoms with Crippen LogP contribution < -0.4 is 10.6 Å². The maximum absolute atomic E-state index is 13.2. The lowest BCUT2D eigenvalue weighted by molar-refractivity contribution is 0.0717. The molecule has 210 valence electrons. The number of nitrogens with one attached hydrogen (secondary N) is 2. The SMILES string of the molecule is C/C=C(\C=NC)c1cn2ncc(C(=O)Nc3cc(NC(=O)N4CC(CN5CCCC5(C)C)C4)cnc3C)c2cn1. The number of aryl methyl sites for hydroxylation is 1. The Bertz CT molecular complexity index is 1480. The molecular weight excluding hydrogens is 506 g/mol. The molecule has 40 heavy (non-hydrogen) atoms. The third-order valence-electron chi connectivity index (χ3n) is 7.91. The molecule has 3 amide bonds. The van der Waals surface area contributed by atoms with Gasteiger partial charge in [-0.15, -0.1) is 0 Å². The van der Waals surface area contributed by atoms with Gasteiger partial charge >= 0.3 is 6.03 Å². The Morgan fingerprint density at radius 3 is 2.67 bits per heavy atom. The van der Waals surface area contributed by atoms with Crippen molar-refractivity contribution in [1.82, 2.24) is 29.4 Å². The first-order valence-corrected chi connectivity index (χ1v) is 13.7. The van der Waals surface area contributed by atoms with Crippen molar-refractivity contribution in [3.8, 4) is 0 Å². The van der Waals surface area contributed by atoms with E-state index in [1.165, 1.54) is 19.0 Å². The maximum atomic E-state index is 13.2. The average molecular weight is 544 g/mol. The molecule has 2 saturated heterocycles. The number of aromatic nitrogens is 4. The number of nitrogens with zero attached hydrogens (tertiary/aromatic N) is 7. The van der Waals surface area contributed by atoms with E-state index in [9.17, 15) is 9.59 Å². The summed E-state index contributed by atoms with van der Waals surface area (Å²) in [5.41, 5.74) is 4.44. The summed E-state index contributed by atoms with van der Waals surface area (Å²) >= 11 is 0. The molecule has 11 heteroatoms. The van der Waals surface area contributed by atoms with Crippen molar-refractivity contribution >= 4 is 40.6 Å². The summed E-state index contributed by atoms with van der Waals surface area (Å²) in [5, 5.41) is 10.2. The second-order valence-corrected chi connectivity index (χ2v) is 11.2. The monoisotopic (exact) mass is 543 g/mol. The van der Waals surface area contributed by atoms with Gasteiger partial charge in [-0.05, 0) is 53.1 Å². The minimum absolute atomic E-state index is 0.155. The van der Waals surface area contributed by atoms with E-state index in [2.05, 4.69) is 49.4 Å². The highest BCUT2D eigenvalue weighted by molar-refractivity contribution is 6.10. The minimum Gasteiger partial charge on any atom is -0.324 e. The van der Waals surface area contributed by atoms with Gasteiger partial charge in [0.25, 0.3) is 5.91 Å². The van der Waals surface area contributed by atoms with Gasteiger partial charge in [-0.1, -0.05) is 6.08 Å². The molecule has 3 aromatic rings. The van der Waals surface area contributed by atoms with E-state index in [0.717, 1.165) is 31.8 Å². The molecule has 0 saturated carbocycles. The molecule has 0 aliphatic carbocycles. The number of urea groups is 1. The summed E-state index contributed by atoms with van der Waals surface area (Å²) in [5.74, 6) is 0.157. The first-order valence-electron chi connectivity index (χ1n) is 13.7. The zero-order valence-corrected chi connectivity index (χ0v) is 23.8. The van der Waals surface area contributed by atoms with Crippen LogP contribution in [-0.2, 0) is 0 Å². The molecular formula is C29H37N9O2. The van der Waals surface area contributed by atoms with Crippen molar-refractivity contribution in [2.45, 2.75) is 46.1 Å². The predicted molar refractivity (Wildman–Crippen MR) is 157 cm³/mol. The number of anilines is 2. The van der Waals surface area contributed by atoms with Gasteiger partial charge < -0.3 is 15.5 Å². The van der Waals surface area contributed by atoms with Crippen LogP contribution >= 0.6 is 0 Å². The molecule has 2 aliphatic rings. The number of likely N-dealkylation sites (tertiary alicyclic amines) is 2. The quantitative estimate of drug-likeness (QED) is 0.433. The van der Waals surface area contributed by atoms with Crippen molar-refractivity contribution in [2.75, 3.05) is 43.9 Å². The van der Waals surface area contributed by atoms with Crippen molar-refractivity contribution in [1.29, 1.82) is 0 Å². The van der Waals surface area contributed by atoms with Crippen molar-refractivity contribution < 1.29 is 9.59 Å². The van der Waals surface area contributed by atoms with Crippen LogP contribution in [0.15, 0.2) is 41.9 Å². The number of amides is 3. The molecule has 11 nitrogen and oxygen atoms in total. The molecule has 5 heterocycles. The second kappa shape index (κ2) is 11.2.